The number of benzene rings is 1. The van der Waals surface area contributed by atoms with Gasteiger partial charge >= 0.3 is 5.97 Å². The highest BCUT2D eigenvalue weighted by molar-refractivity contribution is 5.90. The first-order chi connectivity index (χ1) is 11.6. The fraction of sp³-hybridized carbons (Fsp3) is 0.118. The number of hydrogen-bond acceptors (Lipinski definition) is 5. The number of hydroxylamine groups is 1. The quantitative estimate of drug-likeness (QED) is 0.348. The second-order valence-corrected chi connectivity index (χ2v) is 4.96. The molecule has 0 aliphatic rings. The Morgan fingerprint density at radius 1 is 1.17 bits per heavy atom. The monoisotopic (exact) mass is 327 g/mol. The van der Waals surface area contributed by atoms with Crippen molar-refractivity contribution in [1.29, 1.82) is 0 Å². The van der Waals surface area contributed by atoms with Gasteiger partial charge in [-0.2, -0.15) is 0 Å². The number of nitrogens with one attached hydrogen (secondary N) is 2. The highest BCUT2D eigenvalue weighted by Crippen LogP contribution is 2.13. The molecule has 1 atom stereocenters. The lowest BCUT2D eigenvalue weighted by atomic mass is 10.1. The van der Waals surface area contributed by atoms with Crippen molar-refractivity contribution in [2.24, 2.45) is 0 Å². The number of carbonyl (C=O) groups excluding carboxylic acids is 1. The van der Waals surface area contributed by atoms with E-state index in [-0.39, 0.29) is 0 Å². The van der Waals surface area contributed by atoms with Crippen LogP contribution in [-0.2, 0) is 16.1 Å². The van der Waals surface area contributed by atoms with Crippen molar-refractivity contribution >= 4 is 18.0 Å². The van der Waals surface area contributed by atoms with Crippen LogP contribution in [0.2, 0.25) is 0 Å². The fourth-order valence-corrected chi connectivity index (χ4v) is 2.05. The molecule has 0 radical (unpaired) electrons. The van der Waals surface area contributed by atoms with Crippen LogP contribution in [0.5, 0.6) is 0 Å². The zero-order valence-corrected chi connectivity index (χ0v) is 12.7. The maximum atomic E-state index is 11.4. The molecule has 1 aromatic carbocycles. The topological polar surface area (TPSA) is 112 Å². The Labute approximate surface area is 138 Å². The lowest BCUT2D eigenvalue weighted by Gasteiger charge is -2.14. The third-order valence-corrected chi connectivity index (χ3v) is 3.25. The van der Waals surface area contributed by atoms with Gasteiger partial charge in [0, 0.05) is 18.8 Å². The zero-order chi connectivity index (χ0) is 17.4. The largest absolute Gasteiger partial charge is 0.480 e. The highest BCUT2D eigenvalue weighted by atomic mass is 16.5. The summed E-state index contributed by atoms with van der Waals surface area (Å²) in [6, 6.07) is 11.6. The van der Waals surface area contributed by atoms with Crippen molar-refractivity contribution in [1.82, 2.24) is 15.8 Å². The van der Waals surface area contributed by atoms with Crippen molar-refractivity contribution in [3.8, 4) is 0 Å². The summed E-state index contributed by atoms with van der Waals surface area (Å²) in [6.45, 7) is 0.333. The first-order valence-corrected chi connectivity index (χ1v) is 7.18. The van der Waals surface area contributed by atoms with Gasteiger partial charge in [0.25, 0.3) is 5.91 Å². The van der Waals surface area contributed by atoms with Crippen LogP contribution in [0.1, 0.15) is 22.9 Å². The Kier molecular flexibility index (Phi) is 6.18. The molecule has 0 aliphatic heterocycles. The normalized spacial score (nSPS) is 12.0. The SMILES string of the molecule is O=C(C=Cc1ccc(CN[C@H](C(=O)O)c2ccccc2)cn1)NO. The smallest absolute Gasteiger partial charge is 0.325 e. The minimum Gasteiger partial charge on any atom is -0.480 e. The molecule has 124 valence electrons. The minimum atomic E-state index is -0.955. The number of carboxylic acids is 1. The van der Waals surface area contributed by atoms with E-state index in [1.165, 1.54) is 11.6 Å². The van der Waals surface area contributed by atoms with Gasteiger partial charge < -0.3 is 5.11 Å². The lowest BCUT2D eigenvalue weighted by Crippen LogP contribution is -2.28. The van der Waals surface area contributed by atoms with E-state index in [1.807, 2.05) is 6.07 Å². The van der Waals surface area contributed by atoms with Gasteiger partial charge in [0.05, 0.1) is 5.69 Å². The van der Waals surface area contributed by atoms with E-state index >= 15 is 0 Å². The molecule has 2 rings (SSSR count). The molecule has 0 bridgehead atoms. The fourth-order valence-electron chi connectivity index (χ4n) is 2.05. The number of amides is 1. The number of carboxylic acid groups (broad SMARTS) is 1. The minimum absolute atomic E-state index is 0.333. The molecule has 24 heavy (non-hydrogen) atoms. The number of nitrogens with zero attached hydrogens (tertiary/aromatic N) is 1. The van der Waals surface area contributed by atoms with Crippen LogP contribution in [0, 0.1) is 0 Å². The molecule has 0 saturated heterocycles. The summed E-state index contributed by atoms with van der Waals surface area (Å²) < 4.78 is 0. The van der Waals surface area contributed by atoms with Gasteiger partial charge in [-0.25, -0.2) is 5.48 Å². The van der Waals surface area contributed by atoms with Crippen LogP contribution in [0.3, 0.4) is 0 Å². The van der Waals surface area contributed by atoms with Crippen molar-refractivity contribution in [2.75, 3.05) is 0 Å². The molecule has 1 aromatic heterocycles. The first-order valence-electron chi connectivity index (χ1n) is 7.18. The van der Waals surface area contributed by atoms with Crippen molar-refractivity contribution in [2.45, 2.75) is 12.6 Å². The van der Waals surface area contributed by atoms with Crippen LogP contribution in [0.25, 0.3) is 6.08 Å². The number of rotatable bonds is 7. The van der Waals surface area contributed by atoms with Crippen molar-refractivity contribution in [3.63, 3.8) is 0 Å². The lowest BCUT2D eigenvalue weighted by molar-refractivity contribution is -0.139. The zero-order valence-electron chi connectivity index (χ0n) is 12.7. The molecule has 0 aliphatic carbocycles. The molecule has 1 amide bonds. The van der Waals surface area contributed by atoms with Gasteiger partial charge in [-0.3, -0.25) is 25.1 Å². The Balaban J connectivity index is 1.99. The first kappa shape index (κ1) is 17.3. The summed E-state index contributed by atoms with van der Waals surface area (Å²) in [5.41, 5.74) is 3.51. The average Bonchev–Trinajstić information content (AvgIpc) is 2.61. The second kappa shape index (κ2) is 8.56. The third-order valence-electron chi connectivity index (χ3n) is 3.25. The third kappa shape index (κ3) is 5.01. The number of aliphatic carboxylic acids is 1. The molecular weight excluding hydrogens is 310 g/mol. The van der Waals surface area contributed by atoms with Crippen LogP contribution >= 0.6 is 0 Å². The maximum Gasteiger partial charge on any atom is 0.325 e. The van der Waals surface area contributed by atoms with E-state index < -0.39 is 17.9 Å². The van der Waals surface area contributed by atoms with E-state index in [4.69, 9.17) is 5.21 Å². The van der Waals surface area contributed by atoms with Crippen LogP contribution < -0.4 is 10.8 Å². The number of carbonyl (C=O) groups is 2. The molecule has 7 nitrogen and oxygen atoms in total. The molecule has 0 spiro atoms. The predicted octanol–water partition coefficient (Wildman–Crippen LogP) is 1.52. The second-order valence-electron chi connectivity index (χ2n) is 4.96. The number of hydrogen-bond donors (Lipinski definition) is 4. The van der Waals surface area contributed by atoms with Gasteiger partial charge in [-0.05, 0) is 23.3 Å². The maximum absolute atomic E-state index is 11.4. The number of aromatic nitrogens is 1. The van der Waals surface area contributed by atoms with Crippen LogP contribution in [0.15, 0.2) is 54.7 Å². The van der Waals surface area contributed by atoms with Gasteiger partial charge in [0.15, 0.2) is 0 Å². The summed E-state index contributed by atoms with van der Waals surface area (Å²) >= 11 is 0. The van der Waals surface area contributed by atoms with Gasteiger partial charge in [0.2, 0.25) is 0 Å². The summed E-state index contributed by atoms with van der Waals surface area (Å²) in [5, 5.41) is 20.7. The molecule has 0 saturated carbocycles. The Bertz CT molecular complexity index is 714. The van der Waals surface area contributed by atoms with Gasteiger partial charge in [0.1, 0.15) is 6.04 Å². The summed E-state index contributed by atoms with van der Waals surface area (Å²) in [7, 11) is 0. The molecule has 7 heteroatoms. The van der Waals surface area contributed by atoms with E-state index in [0.29, 0.717) is 17.8 Å². The van der Waals surface area contributed by atoms with E-state index in [9.17, 15) is 14.7 Å². The van der Waals surface area contributed by atoms with Gasteiger partial charge in [-0.15, -0.1) is 0 Å². The molecule has 4 N–H and O–H groups in total. The Morgan fingerprint density at radius 3 is 2.50 bits per heavy atom. The average molecular weight is 327 g/mol. The predicted molar refractivity (Wildman–Crippen MR) is 86.9 cm³/mol. The van der Waals surface area contributed by atoms with E-state index in [2.05, 4.69) is 10.3 Å². The molecule has 1 heterocycles. The van der Waals surface area contributed by atoms with E-state index in [0.717, 1.165) is 11.6 Å². The summed E-state index contributed by atoms with van der Waals surface area (Å²) in [6.07, 6.45) is 4.19. The van der Waals surface area contributed by atoms with Crippen LogP contribution in [-0.4, -0.2) is 27.2 Å². The van der Waals surface area contributed by atoms with Gasteiger partial charge in [-0.1, -0.05) is 36.4 Å². The van der Waals surface area contributed by atoms with E-state index in [1.54, 1.807) is 42.6 Å². The number of pyridine rings is 1. The summed E-state index contributed by atoms with van der Waals surface area (Å²) in [4.78, 5) is 26.4. The Hall–Kier alpha value is -3.03. The molecular formula is C17H17N3O4. The van der Waals surface area contributed by atoms with Crippen molar-refractivity contribution < 1.29 is 19.9 Å². The summed E-state index contributed by atoms with van der Waals surface area (Å²) in [5.74, 6) is -1.60. The van der Waals surface area contributed by atoms with Crippen LogP contribution in [0.4, 0.5) is 0 Å². The van der Waals surface area contributed by atoms with Crippen molar-refractivity contribution in [3.05, 3.63) is 71.6 Å². The molecule has 2 aromatic rings. The standard InChI is InChI=1S/C17H17N3O4/c21-15(20-24)9-8-14-7-6-12(10-18-14)11-19-16(17(22)23)13-4-2-1-3-5-13/h1-10,16,19,24H,11H2,(H,20,21)(H,22,23)/t16-/m0/s1. The Morgan fingerprint density at radius 2 is 1.92 bits per heavy atom. The molecule has 0 fully saturated rings. The molecule has 0 unspecified atom stereocenters. The highest BCUT2D eigenvalue weighted by Gasteiger charge is 2.18.